The number of carboxylic acid groups (broad SMARTS) is 1. The van der Waals surface area contributed by atoms with Crippen molar-refractivity contribution in [3.05, 3.63) is 118 Å². The maximum Gasteiger partial charge on any atom is 0.416 e. The van der Waals surface area contributed by atoms with Crippen molar-refractivity contribution < 1.29 is 33.0 Å². The molecule has 0 radical (unpaired) electrons. The van der Waals surface area contributed by atoms with Crippen molar-refractivity contribution in [1.29, 1.82) is 0 Å². The van der Waals surface area contributed by atoms with Gasteiger partial charge in [-0.1, -0.05) is 54.6 Å². The largest absolute Gasteiger partial charge is 0.505 e. The fourth-order valence-corrected chi connectivity index (χ4v) is 5.20. The van der Waals surface area contributed by atoms with Crippen molar-refractivity contribution >= 4 is 40.5 Å². The number of fused-ring (bicyclic) bond motifs is 2. The molecule has 0 unspecified atom stereocenters. The Balaban J connectivity index is 1.41. The molecule has 4 aromatic carbocycles. The van der Waals surface area contributed by atoms with Crippen molar-refractivity contribution in [3.63, 3.8) is 0 Å². The van der Waals surface area contributed by atoms with Crippen LogP contribution in [0.25, 0.3) is 28.3 Å². The van der Waals surface area contributed by atoms with Gasteiger partial charge in [-0.15, -0.1) is 0 Å². The van der Waals surface area contributed by atoms with Gasteiger partial charge in [0.25, 0.3) is 5.91 Å². The fraction of sp³-hybridized carbons (Fsp3) is 0.0625. The molecule has 0 saturated carbocycles. The molecular weight excluding hydrogens is 533 g/mol. The first-order valence-corrected chi connectivity index (χ1v) is 12.6. The zero-order valence-electron chi connectivity index (χ0n) is 21.2. The number of hydrogen-bond acceptors (Lipinski definition) is 4. The maximum absolute atomic E-state index is 13.8. The highest BCUT2D eigenvalue weighted by Gasteiger charge is 2.37. The molecule has 0 atom stereocenters. The number of carboxylic acids is 1. The van der Waals surface area contributed by atoms with Crippen LogP contribution < -0.4 is 10.6 Å². The number of phenolic OH excluding ortho intramolecular Hbond substituents is 1. The van der Waals surface area contributed by atoms with Crippen LogP contribution in [0.5, 0.6) is 5.75 Å². The Labute approximate surface area is 232 Å². The number of hydrogen-bond donors (Lipinski definition) is 4. The first kappa shape index (κ1) is 25.9. The summed E-state index contributed by atoms with van der Waals surface area (Å²) >= 11 is 0. The van der Waals surface area contributed by atoms with E-state index < -0.39 is 23.6 Å². The molecule has 41 heavy (non-hydrogen) atoms. The van der Waals surface area contributed by atoms with Crippen molar-refractivity contribution in [2.75, 3.05) is 10.6 Å². The van der Waals surface area contributed by atoms with Crippen LogP contribution in [0.4, 0.5) is 24.5 Å². The standard InChI is InChI=1S/C32H21F3N2O4/c33-32(34,35)22-14-24(21-11-17-5-1-2-6-18(17)12-21)28-25(30(39)37-27(28)15-22)16-36-26-10-4-9-23(29(26)38)19-7-3-8-20(13-19)31(40)41/h1-11,13-16,36,38H,12H2,(H,37,39)(H,40,41)/b25-16-. The van der Waals surface area contributed by atoms with Crippen LogP contribution in [0.2, 0.25) is 0 Å². The number of benzene rings is 4. The van der Waals surface area contributed by atoms with Gasteiger partial charge in [0.1, 0.15) is 5.75 Å². The molecule has 0 aromatic heterocycles. The number of aromatic carboxylic acids is 1. The first-order valence-electron chi connectivity index (χ1n) is 12.6. The van der Waals surface area contributed by atoms with Crippen LogP contribution in [0.15, 0.2) is 85.1 Å². The molecule has 4 aromatic rings. The van der Waals surface area contributed by atoms with Gasteiger partial charge in [0.15, 0.2) is 0 Å². The molecule has 6 nitrogen and oxygen atoms in total. The molecule has 1 aliphatic heterocycles. The summed E-state index contributed by atoms with van der Waals surface area (Å²) in [6.45, 7) is 0. The van der Waals surface area contributed by atoms with Crippen LogP contribution in [0, 0.1) is 0 Å². The highest BCUT2D eigenvalue weighted by atomic mass is 19.4. The Bertz CT molecular complexity index is 1820. The SMILES string of the molecule is O=C1Nc2cc(C(F)(F)F)cc(C3=Cc4ccccc4C3)c2/C1=C/Nc1cccc(-c2cccc(C(=O)O)c2)c1O. The molecule has 1 aliphatic carbocycles. The molecule has 9 heteroatoms. The molecule has 1 heterocycles. The molecule has 0 bridgehead atoms. The van der Waals surface area contributed by atoms with Crippen LogP contribution in [-0.2, 0) is 17.4 Å². The number of alkyl halides is 3. The van der Waals surface area contributed by atoms with Crippen LogP contribution in [0.1, 0.15) is 38.2 Å². The highest BCUT2D eigenvalue weighted by Crippen LogP contribution is 2.45. The summed E-state index contributed by atoms with van der Waals surface area (Å²) in [6, 6.07) is 20.4. The number of phenols is 1. The van der Waals surface area contributed by atoms with Crippen LogP contribution in [-0.4, -0.2) is 22.1 Å². The van der Waals surface area contributed by atoms with E-state index in [2.05, 4.69) is 10.6 Å². The summed E-state index contributed by atoms with van der Waals surface area (Å²) in [6.07, 6.45) is -1.01. The van der Waals surface area contributed by atoms with E-state index in [0.717, 1.165) is 23.3 Å². The Morgan fingerprint density at radius 1 is 0.951 bits per heavy atom. The quantitative estimate of drug-likeness (QED) is 0.154. The van der Waals surface area contributed by atoms with E-state index in [1.165, 1.54) is 18.3 Å². The lowest BCUT2D eigenvalue weighted by Gasteiger charge is -2.15. The highest BCUT2D eigenvalue weighted by molar-refractivity contribution is 6.33. The molecule has 204 valence electrons. The fourth-order valence-electron chi connectivity index (χ4n) is 5.20. The average molecular weight is 555 g/mol. The first-order chi connectivity index (χ1) is 19.6. The Morgan fingerprint density at radius 3 is 2.49 bits per heavy atom. The minimum Gasteiger partial charge on any atom is -0.505 e. The Morgan fingerprint density at radius 2 is 1.73 bits per heavy atom. The third-order valence-electron chi connectivity index (χ3n) is 7.17. The third kappa shape index (κ3) is 4.71. The third-order valence-corrected chi connectivity index (χ3v) is 7.17. The number of carbonyl (C=O) groups excluding carboxylic acids is 1. The lowest BCUT2D eigenvalue weighted by molar-refractivity contribution is -0.137. The second-order valence-corrected chi connectivity index (χ2v) is 9.73. The number of allylic oxidation sites excluding steroid dienone is 1. The number of rotatable bonds is 5. The molecular formula is C32H21F3N2O4. The summed E-state index contributed by atoms with van der Waals surface area (Å²) in [5.41, 5.74) is 3.55. The van der Waals surface area contributed by atoms with Crippen LogP contribution in [0.3, 0.4) is 0 Å². The Kier molecular flexibility index (Phi) is 6.14. The number of para-hydroxylation sites is 1. The van der Waals surface area contributed by atoms with Gasteiger partial charge in [-0.05, 0) is 64.6 Å². The van der Waals surface area contributed by atoms with Gasteiger partial charge in [-0.25, -0.2) is 4.79 Å². The average Bonchev–Trinajstić information content (AvgIpc) is 3.52. The normalized spacial score (nSPS) is 14.9. The van der Waals surface area contributed by atoms with E-state index in [-0.39, 0.29) is 28.3 Å². The van der Waals surface area contributed by atoms with Crippen molar-refractivity contribution in [1.82, 2.24) is 0 Å². The maximum atomic E-state index is 13.8. The van der Waals surface area contributed by atoms with Gasteiger partial charge in [-0.2, -0.15) is 13.2 Å². The van der Waals surface area contributed by atoms with Crippen molar-refractivity contribution in [3.8, 4) is 16.9 Å². The van der Waals surface area contributed by atoms with E-state index in [9.17, 15) is 33.0 Å². The Hall–Kier alpha value is -5.31. The summed E-state index contributed by atoms with van der Waals surface area (Å²) in [7, 11) is 0. The van der Waals surface area contributed by atoms with E-state index in [0.29, 0.717) is 34.2 Å². The molecule has 6 rings (SSSR count). The van der Waals surface area contributed by atoms with Gasteiger partial charge >= 0.3 is 12.1 Å². The number of aromatic hydroxyl groups is 1. The summed E-state index contributed by atoms with van der Waals surface area (Å²) in [5.74, 6) is -1.89. The van der Waals surface area contributed by atoms with E-state index in [1.807, 2.05) is 30.3 Å². The number of carbonyl (C=O) groups is 2. The predicted molar refractivity (Wildman–Crippen MR) is 150 cm³/mol. The number of nitrogens with one attached hydrogen (secondary N) is 2. The van der Waals surface area contributed by atoms with Gasteiger partial charge in [-0.3, -0.25) is 4.79 Å². The van der Waals surface area contributed by atoms with Crippen molar-refractivity contribution in [2.24, 2.45) is 0 Å². The van der Waals surface area contributed by atoms with Crippen LogP contribution >= 0.6 is 0 Å². The van der Waals surface area contributed by atoms with Gasteiger partial charge in [0, 0.05) is 17.3 Å². The lowest BCUT2D eigenvalue weighted by Crippen LogP contribution is -2.07. The van der Waals surface area contributed by atoms with E-state index >= 15 is 0 Å². The molecule has 0 spiro atoms. The summed E-state index contributed by atoms with van der Waals surface area (Å²) in [4.78, 5) is 24.4. The topological polar surface area (TPSA) is 98.7 Å². The minimum atomic E-state index is -4.62. The van der Waals surface area contributed by atoms with Gasteiger partial charge < -0.3 is 20.8 Å². The minimum absolute atomic E-state index is 0.0492. The molecule has 1 amide bonds. The number of anilines is 2. The molecule has 4 N–H and O–H groups in total. The predicted octanol–water partition coefficient (Wildman–Crippen LogP) is 7.28. The van der Waals surface area contributed by atoms with E-state index in [1.54, 1.807) is 30.3 Å². The number of amides is 1. The van der Waals surface area contributed by atoms with Gasteiger partial charge in [0.2, 0.25) is 0 Å². The summed E-state index contributed by atoms with van der Waals surface area (Å²) < 4.78 is 41.5. The second-order valence-electron chi connectivity index (χ2n) is 9.73. The smallest absolute Gasteiger partial charge is 0.416 e. The lowest BCUT2D eigenvalue weighted by atomic mass is 9.92. The monoisotopic (exact) mass is 554 g/mol. The summed E-state index contributed by atoms with van der Waals surface area (Å²) in [5, 5.41) is 25.8. The zero-order chi connectivity index (χ0) is 28.9. The van der Waals surface area contributed by atoms with Gasteiger partial charge in [0.05, 0.1) is 28.1 Å². The van der Waals surface area contributed by atoms with Crippen molar-refractivity contribution in [2.45, 2.75) is 12.6 Å². The van der Waals surface area contributed by atoms with E-state index in [4.69, 9.17) is 0 Å². The zero-order valence-corrected chi connectivity index (χ0v) is 21.2. The molecule has 0 fully saturated rings. The second kappa shape index (κ2) is 9.71. The molecule has 0 saturated heterocycles. The number of halogens is 3. The molecule has 2 aliphatic rings.